The summed E-state index contributed by atoms with van der Waals surface area (Å²) in [6.07, 6.45) is 3.46. The van der Waals surface area contributed by atoms with E-state index < -0.39 is 0 Å². The van der Waals surface area contributed by atoms with Crippen molar-refractivity contribution >= 4 is 0 Å². The molecular weight excluding hydrogens is 280 g/mol. The van der Waals surface area contributed by atoms with Crippen LogP contribution in [0.1, 0.15) is 18.5 Å². The van der Waals surface area contributed by atoms with Gasteiger partial charge >= 0.3 is 0 Å². The number of hydrogen-bond donors (Lipinski definition) is 2. The number of rotatable bonds is 7. The molecule has 1 saturated heterocycles. The summed E-state index contributed by atoms with van der Waals surface area (Å²) in [6.45, 7) is 3.18. The van der Waals surface area contributed by atoms with Crippen LogP contribution in [0.5, 0.6) is 0 Å². The van der Waals surface area contributed by atoms with Crippen LogP contribution >= 0.6 is 0 Å². The first-order valence-corrected chi connectivity index (χ1v) is 7.70. The summed E-state index contributed by atoms with van der Waals surface area (Å²) in [7, 11) is 0. The molecule has 2 heterocycles. The smallest absolute Gasteiger partial charge is 0.226 e. The summed E-state index contributed by atoms with van der Waals surface area (Å²) in [5.74, 6) is 0.645. The molecular formula is C17H22N2O3. The molecule has 1 atom stereocenters. The highest BCUT2D eigenvalue weighted by molar-refractivity contribution is 5.52. The lowest BCUT2D eigenvalue weighted by Gasteiger charge is -2.26. The summed E-state index contributed by atoms with van der Waals surface area (Å²) in [5, 5.41) is 12.6. The molecule has 1 aromatic heterocycles. The molecule has 1 aliphatic heterocycles. The van der Waals surface area contributed by atoms with Crippen molar-refractivity contribution < 1.29 is 14.3 Å². The Morgan fingerprint density at radius 3 is 2.86 bits per heavy atom. The molecule has 0 bridgehead atoms. The van der Waals surface area contributed by atoms with Gasteiger partial charge in [-0.1, -0.05) is 18.2 Å². The van der Waals surface area contributed by atoms with Crippen molar-refractivity contribution in [2.24, 2.45) is 5.41 Å². The van der Waals surface area contributed by atoms with Crippen LogP contribution in [0.3, 0.4) is 0 Å². The van der Waals surface area contributed by atoms with Gasteiger partial charge in [0.15, 0.2) is 0 Å². The lowest BCUT2D eigenvalue weighted by molar-refractivity contribution is 0.124. The van der Waals surface area contributed by atoms with Gasteiger partial charge in [-0.3, -0.25) is 0 Å². The Balaban J connectivity index is 1.55. The van der Waals surface area contributed by atoms with Crippen molar-refractivity contribution in [3.05, 3.63) is 42.3 Å². The Morgan fingerprint density at radius 2 is 2.14 bits per heavy atom. The van der Waals surface area contributed by atoms with Gasteiger partial charge in [-0.2, -0.15) is 0 Å². The van der Waals surface area contributed by atoms with Gasteiger partial charge in [-0.25, -0.2) is 4.98 Å². The maximum Gasteiger partial charge on any atom is 0.226 e. The molecule has 0 spiro atoms. The molecule has 1 fully saturated rings. The van der Waals surface area contributed by atoms with Crippen LogP contribution in [-0.2, 0) is 11.3 Å². The fourth-order valence-electron chi connectivity index (χ4n) is 2.87. The minimum absolute atomic E-state index is 0.0563. The lowest BCUT2D eigenvalue weighted by atomic mass is 9.84. The van der Waals surface area contributed by atoms with Gasteiger partial charge in [0, 0.05) is 37.3 Å². The zero-order chi connectivity index (χ0) is 15.3. The van der Waals surface area contributed by atoms with Crippen LogP contribution in [0.4, 0.5) is 0 Å². The third-order valence-corrected chi connectivity index (χ3v) is 4.21. The third kappa shape index (κ3) is 3.55. The maximum absolute atomic E-state index is 9.23. The van der Waals surface area contributed by atoms with Gasteiger partial charge in [-0.05, 0) is 25.0 Å². The second-order valence-electron chi connectivity index (χ2n) is 5.89. The number of aliphatic hydroxyl groups is 1. The number of hydrogen-bond acceptors (Lipinski definition) is 5. The summed E-state index contributed by atoms with van der Waals surface area (Å²) in [4.78, 5) is 4.50. The molecule has 5 heteroatoms. The molecule has 3 rings (SSSR count). The molecule has 2 N–H and O–H groups in total. The topological polar surface area (TPSA) is 67.5 Å². The highest BCUT2D eigenvalue weighted by Crippen LogP contribution is 2.31. The van der Waals surface area contributed by atoms with Crippen LogP contribution < -0.4 is 5.32 Å². The second-order valence-corrected chi connectivity index (χ2v) is 5.89. The lowest BCUT2D eigenvalue weighted by Crippen LogP contribution is -2.35. The Kier molecular flexibility index (Phi) is 4.87. The van der Waals surface area contributed by atoms with Crippen molar-refractivity contribution in [2.75, 3.05) is 26.4 Å². The molecule has 5 nitrogen and oxygen atoms in total. The van der Waals surface area contributed by atoms with E-state index in [0.717, 1.165) is 37.3 Å². The minimum atomic E-state index is 0.0563. The van der Waals surface area contributed by atoms with Crippen LogP contribution in [0, 0.1) is 5.41 Å². The standard InChI is InChI=1S/C17H22N2O3/c20-8-6-17(7-9-21-13-17)12-18-10-15-11-22-16(19-15)14-4-2-1-3-5-14/h1-5,11,18,20H,6-10,12-13H2. The highest BCUT2D eigenvalue weighted by Gasteiger charge is 2.33. The molecule has 0 amide bonds. The summed E-state index contributed by atoms with van der Waals surface area (Å²) >= 11 is 0. The molecule has 2 aromatic rings. The molecule has 1 aromatic carbocycles. The van der Waals surface area contributed by atoms with E-state index in [4.69, 9.17) is 9.15 Å². The van der Waals surface area contributed by atoms with E-state index in [2.05, 4.69) is 10.3 Å². The predicted octanol–water partition coefficient (Wildman–Crippen LogP) is 2.22. The largest absolute Gasteiger partial charge is 0.444 e. The van der Waals surface area contributed by atoms with Crippen LogP contribution in [0.15, 0.2) is 41.0 Å². The number of nitrogens with zero attached hydrogens (tertiary/aromatic N) is 1. The molecule has 1 aliphatic rings. The van der Waals surface area contributed by atoms with Gasteiger partial charge in [-0.15, -0.1) is 0 Å². The summed E-state index contributed by atoms with van der Waals surface area (Å²) in [5.41, 5.74) is 1.92. The van der Waals surface area contributed by atoms with E-state index in [1.165, 1.54) is 0 Å². The van der Waals surface area contributed by atoms with E-state index in [-0.39, 0.29) is 12.0 Å². The zero-order valence-corrected chi connectivity index (χ0v) is 12.6. The van der Waals surface area contributed by atoms with Gasteiger partial charge in [0.05, 0.1) is 12.3 Å². The van der Waals surface area contributed by atoms with E-state index in [9.17, 15) is 5.11 Å². The first-order valence-electron chi connectivity index (χ1n) is 7.70. The Labute approximate surface area is 130 Å². The molecule has 118 valence electrons. The third-order valence-electron chi connectivity index (χ3n) is 4.21. The first kappa shape index (κ1) is 15.2. The van der Waals surface area contributed by atoms with E-state index >= 15 is 0 Å². The van der Waals surface area contributed by atoms with Crippen LogP contribution in [0.25, 0.3) is 11.5 Å². The van der Waals surface area contributed by atoms with Crippen molar-refractivity contribution in [3.63, 3.8) is 0 Å². The first-order chi connectivity index (χ1) is 10.8. The number of oxazole rings is 1. The van der Waals surface area contributed by atoms with Crippen LogP contribution in [-0.4, -0.2) is 36.5 Å². The second kappa shape index (κ2) is 7.05. The van der Waals surface area contributed by atoms with E-state index in [1.807, 2.05) is 30.3 Å². The fourth-order valence-corrected chi connectivity index (χ4v) is 2.87. The number of ether oxygens (including phenoxy) is 1. The normalized spacial score (nSPS) is 21.3. The zero-order valence-electron chi connectivity index (χ0n) is 12.6. The van der Waals surface area contributed by atoms with Crippen molar-refractivity contribution in [1.82, 2.24) is 10.3 Å². The van der Waals surface area contributed by atoms with Gasteiger partial charge in [0.2, 0.25) is 5.89 Å². The highest BCUT2D eigenvalue weighted by atomic mass is 16.5. The predicted molar refractivity (Wildman–Crippen MR) is 83.2 cm³/mol. The maximum atomic E-state index is 9.23. The molecule has 0 aliphatic carbocycles. The summed E-state index contributed by atoms with van der Waals surface area (Å²) in [6, 6.07) is 9.87. The van der Waals surface area contributed by atoms with Crippen molar-refractivity contribution in [2.45, 2.75) is 19.4 Å². The molecule has 0 saturated carbocycles. The number of nitrogens with one attached hydrogen (secondary N) is 1. The van der Waals surface area contributed by atoms with Gasteiger partial charge in [0.1, 0.15) is 6.26 Å². The SMILES string of the molecule is OCCC1(CNCc2coc(-c3ccccc3)n2)CCOC1. The van der Waals surface area contributed by atoms with E-state index in [1.54, 1.807) is 6.26 Å². The van der Waals surface area contributed by atoms with Gasteiger partial charge < -0.3 is 19.6 Å². The van der Waals surface area contributed by atoms with E-state index in [0.29, 0.717) is 19.0 Å². The molecule has 1 unspecified atom stereocenters. The van der Waals surface area contributed by atoms with Crippen molar-refractivity contribution in [3.8, 4) is 11.5 Å². The Hall–Kier alpha value is -1.69. The average molecular weight is 302 g/mol. The Bertz CT molecular complexity index is 577. The van der Waals surface area contributed by atoms with Crippen LogP contribution in [0.2, 0.25) is 0 Å². The number of aromatic nitrogens is 1. The van der Waals surface area contributed by atoms with Gasteiger partial charge in [0.25, 0.3) is 0 Å². The Morgan fingerprint density at radius 1 is 1.27 bits per heavy atom. The molecule has 0 radical (unpaired) electrons. The quantitative estimate of drug-likeness (QED) is 0.821. The summed E-state index contributed by atoms with van der Waals surface area (Å²) < 4.78 is 11.0. The molecule has 22 heavy (non-hydrogen) atoms. The average Bonchev–Trinajstić information content (AvgIpc) is 3.19. The monoisotopic (exact) mass is 302 g/mol. The number of benzene rings is 1. The minimum Gasteiger partial charge on any atom is -0.444 e. The van der Waals surface area contributed by atoms with Crippen molar-refractivity contribution in [1.29, 1.82) is 0 Å². The number of aliphatic hydroxyl groups excluding tert-OH is 1. The fraction of sp³-hybridized carbons (Fsp3) is 0.471.